The summed E-state index contributed by atoms with van der Waals surface area (Å²) in [6.07, 6.45) is 3.62. The highest BCUT2D eigenvalue weighted by molar-refractivity contribution is 6.11. The molecule has 0 fully saturated rings. The van der Waals surface area contributed by atoms with Gasteiger partial charge in [0.05, 0.1) is 5.71 Å². The highest BCUT2D eigenvalue weighted by atomic mass is 19.1. The van der Waals surface area contributed by atoms with Crippen LogP contribution in [0.15, 0.2) is 82.3 Å². The molecule has 0 saturated heterocycles. The van der Waals surface area contributed by atoms with Gasteiger partial charge in [0.25, 0.3) is 11.8 Å². The Hall–Kier alpha value is -4.52. The van der Waals surface area contributed by atoms with E-state index in [1.54, 1.807) is 23.1 Å². The Morgan fingerprint density at radius 2 is 1.73 bits per heavy atom. The van der Waals surface area contributed by atoms with Crippen molar-refractivity contribution < 1.29 is 18.4 Å². The summed E-state index contributed by atoms with van der Waals surface area (Å²) in [5.74, 6) is 0.125. The number of hydrogen-bond donors (Lipinski definition) is 1. The lowest BCUT2D eigenvalue weighted by Gasteiger charge is -2.34. The molecule has 0 radical (unpaired) electrons. The first kappa shape index (κ1) is 25.7. The smallest absolute Gasteiger partial charge is 0.294 e. The second kappa shape index (κ2) is 10.6. The fourth-order valence-electron chi connectivity index (χ4n) is 5.75. The van der Waals surface area contributed by atoms with Gasteiger partial charge in [-0.15, -0.1) is 0 Å². The zero-order chi connectivity index (χ0) is 27.8. The molecule has 1 atom stereocenters. The summed E-state index contributed by atoms with van der Waals surface area (Å²) in [5.41, 5.74) is 9.06. The van der Waals surface area contributed by atoms with Gasteiger partial charge in [0, 0.05) is 34.8 Å². The van der Waals surface area contributed by atoms with Crippen molar-refractivity contribution in [2.45, 2.75) is 52.0 Å². The summed E-state index contributed by atoms with van der Waals surface area (Å²) in [6, 6.07) is 21.9. The monoisotopic (exact) mass is 535 g/mol. The lowest BCUT2D eigenvalue weighted by molar-refractivity contribution is 0.0941. The number of halogens is 1. The number of fused-ring (bicyclic) bond motifs is 2. The minimum absolute atomic E-state index is 0.0484. The molecule has 1 aliphatic heterocycles. The maximum Gasteiger partial charge on any atom is 0.294 e. The van der Waals surface area contributed by atoms with E-state index in [-0.39, 0.29) is 29.4 Å². The van der Waals surface area contributed by atoms with Crippen LogP contribution >= 0.6 is 0 Å². The van der Waals surface area contributed by atoms with Crippen molar-refractivity contribution >= 4 is 23.2 Å². The maximum absolute atomic E-state index is 13.9. The predicted octanol–water partition coefficient (Wildman–Crippen LogP) is 6.85. The standard InChI is InChI=1S/C33H30FN3O3/c1-20-11-12-25-19-26(34)17-18-28(25)37(20)33(39)31-21(2)30-27(9-6-10-29(30)40-31)35-36-32(38)24-15-13-23(14-16-24)22-7-4-3-5-8-22/h3-5,7-8,13-20H,6,9-12H2,1-2H3,(H,36,38)/b35-27+. The first-order chi connectivity index (χ1) is 19.4. The third kappa shape index (κ3) is 4.72. The third-order valence-corrected chi connectivity index (χ3v) is 7.86. The van der Waals surface area contributed by atoms with Gasteiger partial charge in [-0.05, 0) is 86.6 Å². The van der Waals surface area contributed by atoms with Crippen LogP contribution in [0.1, 0.15) is 69.5 Å². The maximum atomic E-state index is 13.9. The van der Waals surface area contributed by atoms with E-state index in [1.807, 2.05) is 56.3 Å². The number of nitrogens with zero attached hydrogens (tertiary/aromatic N) is 2. The van der Waals surface area contributed by atoms with E-state index in [1.165, 1.54) is 12.1 Å². The molecule has 1 aromatic heterocycles. The minimum Gasteiger partial charge on any atom is -0.455 e. The predicted molar refractivity (Wildman–Crippen MR) is 153 cm³/mol. The van der Waals surface area contributed by atoms with Crippen molar-refractivity contribution in [1.29, 1.82) is 0 Å². The normalized spacial score (nSPS) is 17.3. The zero-order valence-electron chi connectivity index (χ0n) is 22.5. The molecule has 0 bridgehead atoms. The van der Waals surface area contributed by atoms with Crippen LogP contribution in [0.3, 0.4) is 0 Å². The molecule has 2 aliphatic rings. The molecule has 1 N–H and O–H groups in total. The first-order valence-electron chi connectivity index (χ1n) is 13.7. The lowest BCUT2D eigenvalue weighted by Crippen LogP contribution is -2.42. The lowest BCUT2D eigenvalue weighted by atomic mass is 9.92. The number of nitrogens with one attached hydrogen (secondary N) is 1. The molecular weight excluding hydrogens is 505 g/mol. The Labute approximate surface area is 232 Å². The quantitative estimate of drug-likeness (QED) is 0.291. The third-order valence-electron chi connectivity index (χ3n) is 7.86. The van der Waals surface area contributed by atoms with Gasteiger partial charge >= 0.3 is 0 Å². The fraction of sp³-hybridized carbons (Fsp3) is 0.242. The minimum atomic E-state index is -0.305. The van der Waals surface area contributed by atoms with Crippen LogP contribution in [-0.2, 0) is 12.8 Å². The Kier molecular flexibility index (Phi) is 6.80. The van der Waals surface area contributed by atoms with Crippen molar-refractivity contribution in [3.63, 3.8) is 0 Å². The molecule has 3 aromatic carbocycles. The Balaban J connectivity index is 1.24. The summed E-state index contributed by atoms with van der Waals surface area (Å²) >= 11 is 0. The number of carbonyl (C=O) groups is 2. The summed E-state index contributed by atoms with van der Waals surface area (Å²) in [7, 11) is 0. The number of anilines is 1. The second-order valence-corrected chi connectivity index (χ2v) is 10.5. The van der Waals surface area contributed by atoms with Crippen LogP contribution in [0.5, 0.6) is 0 Å². The Morgan fingerprint density at radius 1 is 0.975 bits per heavy atom. The van der Waals surface area contributed by atoms with E-state index < -0.39 is 0 Å². The van der Waals surface area contributed by atoms with Gasteiger partial charge in [-0.25, -0.2) is 9.82 Å². The van der Waals surface area contributed by atoms with Gasteiger partial charge < -0.3 is 9.32 Å². The van der Waals surface area contributed by atoms with E-state index >= 15 is 0 Å². The van der Waals surface area contributed by atoms with Crippen LogP contribution in [-0.4, -0.2) is 23.6 Å². The van der Waals surface area contributed by atoms with Crippen molar-refractivity contribution in [3.8, 4) is 11.1 Å². The average molecular weight is 536 g/mol. The number of amides is 2. The summed E-state index contributed by atoms with van der Waals surface area (Å²) in [6.45, 7) is 3.86. The second-order valence-electron chi connectivity index (χ2n) is 10.5. The average Bonchev–Trinajstić information content (AvgIpc) is 3.33. The van der Waals surface area contributed by atoms with Crippen molar-refractivity contribution in [2.24, 2.45) is 5.10 Å². The number of benzene rings is 3. The largest absolute Gasteiger partial charge is 0.455 e. The van der Waals surface area contributed by atoms with Crippen LogP contribution in [0.2, 0.25) is 0 Å². The van der Waals surface area contributed by atoms with Gasteiger partial charge in [-0.1, -0.05) is 42.5 Å². The van der Waals surface area contributed by atoms with E-state index in [2.05, 4.69) is 10.5 Å². The van der Waals surface area contributed by atoms with Crippen LogP contribution < -0.4 is 10.3 Å². The van der Waals surface area contributed by atoms with Crippen molar-refractivity contribution in [3.05, 3.63) is 112 Å². The number of aryl methyl sites for hydroxylation is 2. The molecule has 202 valence electrons. The number of rotatable bonds is 4. The van der Waals surface area contributed by atoms with Crippen LogP contribution in [0.4, 0.5) is 10.1 Å². The summed E-state index contributed by atoms with van der Waals surface area (Å²) in [5, 5.41) is 4.48. The number of hydrazone groups is 1. The summed E-state index contributed by atoms with van der Waals surface area (Å²) in [4.78, 5) is 28.4. The molecule has 2 amide bonds. The summed E-state index contributed by atoms with van der Waals surface area (Å²) < 4.78 is 20.0. The number of hydrogen-bond acceptors (Lipinski definition) is 4. The van der Waals surface area contributed by atoms with E-state index in [0.29, 0.717) is 35.4 Å². The first-order valence-corrected chi connectivity index (χ1v) is 13.7. The van der Waals surface area contributed by atoms with Crippen molar-refractivity contribution in [2.75, 3.05) is 4.90 Å². The van der Waals surface area contributed by atoms with E-state index in [0.717, 1.165) is 47.2 Å². The molecule has 0 saturated carbocycles. The molecule has 4 aromatic rings. The number of carbonyl (C=O) groups excluding carboxylic acids is 2. The fourth-order valence-corrected chi connectivity index (χ4v) is 5.75. The van der Waals surface area contributed by atoms with Gasteiger partial charge in [-0.2, -0.15) is 5.10 Å². The zero-order valence-corrected chi connectivity index (χ0v) is 22.5. The highest BCUT2D eigenvalue weighted by Gasteiger charge is 2.35. The topological polar surface area (TPSA) is 74.9 Å². The van der Waals surface area contributed by atoms with Crippen LogP contribution in [0.25, 0.3) is 11.1 Å². The molecule has 7 heteroatoms. The molecule has 1 aliphatic carbocycles. The van der Waals surface area contributed by atoms with E-state index in [9.17, 15) is 14.0 Å². The van der Waals surface area contributed by atoms with Gasteiger partial charge in [0.15, 0.2) is 5.76 Å². The molecule has 6 nitrogen and oxygen atoms in total. The highest BCUT2D eigenvalue weighted by Crippen LogP contribution is 2.36. The Bertz CT molecular complexity index is 1620. The van der Waals surface area contributed by atoms with E-state index in [4.69, 9.17) is 4.42 Å². The molecular formula is C33H30FN3O3. The molecule has 0 spiro atoms. The van der Waals surface area contributed by atoms with Gasteiger partial charge in [0.1, 0.15) is 11.6 Å². The van der Waals surface area contributed by atoms with Crippen molar-refractivity contribution in [1.82, 2.24) is 5.43 Å². The Morgan fingerprint density at radius 3 is 2.50 bits per heavy atom. The molecule has 1 unspecified atom stereocenters. The van der Waals surface area contributed by atoms with Crippen LogP contribution in [0, 0.1) is 12.7 Å². The molecule has 6 rings (SSSR count). The number of furan rings is 1. The molecule has 40 heavy (non-hydrogen) atoms. The van der Waals surface area contributed by atoms with Gasteiger partial charge in [0.2, 0.25) is 0 Å². The van der Waals surface area contributed by atoms with Gasteiger partial charge in [-0.3, -0.25) is 9.59 Å². The molecule has 2 heterocycles. The SMILES string of the molecule is Cc1c(C(=O)N2c3ccc(F)cc3CCC2C)oc2c1/C(=N/NC(=O)c1ccc(-c3ccccc3)cc1)CCC2.